The Labute approximate surface area is 416 Å². The molecule has 0 heterocycles. The van der Waals surface area contributed by atoms with Gasteiger partial charge in [-0.1, -0.05) is 41.5 Å². The minimum Gasteiger partial charge on any atom is -0.481 e. The monoisotopic (exact) mass is 1030 g/mol. The number of primary amides is 1. The molecular weight excluding hydrogens is 955 g/mol. The number of hydrogen-bond donors (Lipinski definition) is 16. The number of amides is 9. The number of guanidine groups is 1. The minimum absolute atomic E-state index is 0.0329. The number of carboxylic acids is 3. The lowest BCUT2D eigenvalue weighted by molar-refractivity contribution is -0.143. The van der Waals surface area contributed by atoms with Gasteiger partial charge in [0.15, 0.2) is 5.96 Å². The maximum atomic E-state index is 14.0. The molecule has 408 valence electrons. The predicted molar refractivity (Wildman–Crippen MR) is 255 cm³/mol. The molecule has 0 aliphatic heterocycles. The summed E-state index contributed by atoms with van der Waals surface area (Å²) in [5, 5.41) is 56.8. The van der Waals surface area contributed by atoms with Gasteiger partial charge in [-0.15, -0.1) is 0 Å². The highest BCUT2D eigenvalue weighted by molar-refractivity contribution is 5.99. The Morgan fingerprint density at radius 3 is 1.38 bits per heavy atom. The van der Waals surface area contributed by atoms with Gasteiger partial charge in [0.1, 0.15) is 54.4 Å². The maximum absolute atomic E-state index is 14.0. The molecule has 0 rings (SSSR count). The standard InChI is InChI=1S/C43H75N13O16/c1-19(2)15-27(39(68)55-29(42(71)72)16-20(3)4)53-36(65)24(9-8-14-48-43(46)47)51-37(66)26(11-13-31(59)60)52-41(70)33(21(5)6)56-40(69)28(17-32(61)62)54-38(67)25(10-12-30(45)58)50-34(63)22(7)49-35(64)23(44)18-57/h19-29,33,57H,8-18,44H2,1-7H3,(H2,45,58)(H,49,64)(H,50,63)(H,51,66)(H,52,70)(H,53,65)(H,54,67)(H,55,68)(H,56,69)(H,59,60)(H,61,62)(H,71,72)(H4,46,47,48)/t22-,23-,24-,25-,26-,27-,28-,29-,33-/m0/s1. The second-order valence-electron chi connectivity index (χ2n) is 18.2. The lowest BCUT2D eigenvalue weighted by Gasteiger charge is -2.29. The maximum Gasteiger partial charge on any atom is 0.326 e. The summed E-state index contributed by atoms with van der Waals surface area (Å²) in [6.45, 7) is 10.3. The first-order chi connectivity index (χ1) is 33.4. The molecule has 29 heteroatoms. The van der Waals surface area contributed by atoms with E-state index in [-0.39, 0.29) is 50.0 Å². The summed E-state index contributed by atoms with van der Waals surface area (Å²) in [6.07, 6.45) is -3.37. The first kappa shape index (κ1) is 64.8. The van der Waals surface area contributed by atoms with Crippen LogP contribution in [0.2, 0.25) is 0 Å². The normalized spacial score (nSPS) is 14.8. The number of nitrogens with two attached hydrogens (primary N) is 4. The highest BCUT2D eigenvalue weighted by Gasteiger charge is 2.36. The minimum atomic E-state index is -1.96. The Kier molecular flexibility index (Phi) is 29.4. The molecular formula is C43H75N13O16. The molecule has 0 spiro atoms. The number of carboxylic acid groups (broad SMARTS) is 3. The van der Waals surface area contributed by atoms with Crippen molar-refractivity contribution in [1.82, 2.24) is 42.5 Å². The van der Waals surface area contributed by atoms with E-state index >= 15 is 0 Å². The van der Waals surface area contributed by atoms with E-state index in [2.05, 4.69) is 47.5 Å². The molecule has 0 saturated heterocycles. The number of aliphatic hydroxyl groups excluding tert-OH is 1. The van der Waals surface area contributed by atoms with Crippen molar-refractivity contribution >= 4 is 77.0 Å². The molecule has 0 aliphatic rings. The fourth-order valence-corrected chi connectivity index (χ4v) is 6.55. The van der Waals surface area contributed by atoms with Gasteiger partial charge in [0.05, 0.1) is 13.0 Å². The Morgan fingerprint density at radius 2 is 0.917 bits per heavy atom. The van der Waals surface area contributed by atoms with Gasteiger partial charge in [-0.3, -0.25) is 57.7 Å². The van der Waals surface area contributed by atoms with Crippen LogP contribution in [0.25, 0.3) is 0 Å². The van der Waals surface area contributed by atoms with Crippen LogP contribution < -0.4 is 65.5 Å². The zero-order chi connectivity index (χ0) is 55.6. The van der Waals surface area contributed by atoms with Crippen molar-refractivity contribution in [3.8, 4) is 0 Å². The molecule has 0 aliphatic carbocycles. The average Bonchev–Trinajstić information content (AvgIpc) is 3.26. The number of hydrogen-bond acceptors (Lipinski definition) is 15. The van der Waals surface area contributed by atoms with Gasteiger partial charge in [0.25, 0.3) is 0 Å². The molecule has 0 bridgehead atoms. The lowest BCUT2D eigenvalue weighted by atomic mass is 9.99. The summed E-state index contributed by atoms with van der Waals surface area (Å²) in [7, 11) is 0. The van der Waals surface area contributed by atoms with Gasteiger partial charge >= 0.3 is 17.9 Å². The van der Waals surface area contributed by atoms with E-state index in [1.165, 1.54) is 20.8 Å². The zero-order valence-corrected chi connectivity index (χ0v) is 41.7. The van der Waals surface area contributed by atoms with Crippen molar-refractivity contribution in [1.29, 1.82) is 0 Å². The molecule has 29 nitrogen and oxygen atoms in total. The Bertz CT molecular complexity index is 1950. The number of aliphatic hydroxyl groups is 1. The van der Waals surface area contributed by atoms with Gasteiger partial charge in [-0.05, 0) is 63.2 Å². The molecule has 20 N–H and O–H groups in total. The van der Waals surface area contributed by atoms with Crippen molar-refractivity contribution in [2.45, 2.75) is 161 Å². The number of carbonyl (C=O) groups excluding carboxylic acids is 9. The van der Waals surface area contributed by atoms with E-state index in [1.807, 2.05) is 0 Å². The van der Waals surface area contributed by atoms with Gasteiger partial charge in [0, 0.05) is 19.4 Å². The average molecular weight is 1030 g/mol. The van der Waals surface area contributed by atoms with Gasteiger partial charge in [-0.2, -0.15) is 0 Å². The van der Waals surface area contributed by atoms with Gasteiger partial charge < -0.3 is 85.9 Å². The number of nitrogens with zero attached hydrogens (tertiary/aromatic N) is 1. The first-order valence-electron chi connectivity index (χ1n) is 23.2. The van der Waals surface area contributed by atoms with Crippen LogP contribution in [0.1, 0.15) is 106 Å². The molecule has 9 amide bonds. The van der Waals surface area contributed by atoms with Crippen molar-refractivity contribution in [3.05, 3.63) is 0 Å². The van der Waals surface area contributed by atoms with Crippen LogP contribution in [0, 0.1) is 17.8 Å². The molecule has 0 aromatic carbocycles. The molecule has 72 heavy (non-hydrogen) atoms. The summed E-state index contributed by atoms with van der Waals surface area (Å²) in [6, 6.07) is -13.8. The third kappa shape index (κ3) is 26.2. The Hall–Kier alpha value is -7.17. The summed E-state index contributed by atoms with van der Waals surface area (Å²) >= 11 is 0. The second-order valence-corrected chi connectivity index (χ2v) is 18.2. The predicted octanol–water partition coefficient (Wildman–Crippen LogP) is -5.30. The van der Waals surface area contributed by atoms with Crippen LogP contribution >= 0.6 is 0 Å². The van der Waals surface area contributed by atoms with Crippen LogP contribution in [0.3, 0.4) is 0 Å². The number of aliphatic imine (C=N–C) groups is 1. The topological polar surface area (TPSA) is 498 Å². The fraction of sp³-hybridized carbons (Fsp3) is 0.698. The van der Waals surface area contributed by atoms with Crippen LogP contribution in [0.4, 0.5) is 0 Å². The molecule has 0 aromatic rings. The van der Waals surface area contributed by atoms with E-state index in [9.17, 15) is 72.9 Å². The van der Waals surface area contributed by atoms with E-state index in [4.69, 9.17) is 28.0 Å². The fourth-order valence-electron chi connectivity index (χ4n) is 6.55. The molecule has 0 aromatic heterocycles. The van der Waals surface area contributed by atoms with E-state index in [0.29, 0.717) is 0 Å². The third-order valence-electron chi connectivity index (χ3n) is 10.4. The van der Waals surface area contributed by atoms with Crippen LogP contribution in [0.15, 0.2) is 4.99 Å². The Balaban J connectivity index is 6.76. The van der Waals surface area contributed by atoms with Crippen molar-refractivity contribution < 1.29 is 78.0 Å². The summed E-state index contributed by atoms with van der Waals surface area (Å²) in [5.74, 6) is -15.0. The summed E-state index contributed by atoms with van der Waals surface area (Å²) < 4.78 is 0. The first-order valence-corrected chi connectivity index (χ1v) is 23.2. The van der Waals surface area contributed by atoms with Crippen LogP contribution in [-0.2, 0) is 57.5 Å². The smallest absolute Gasteiger partial charge is 0.326 e. The quantitative estimate of drug-likeness (QED) is 0.0160. The van der Waals surface area contributed by atoms with E-state index < -0.39 is 170 Å². The summed E-state index contributed by atoms with van der Waals surface area (Å²) in [5.41, 5.74) is 21.6. The van der Waals surface area contributed by atoms with Gasteiger partial charge in [-0.25, -0.2) is 4.79 Å². The number of carbonyl (C=O) groups is 12. The number of rotatable bonds is 35. The molecule has 0 unspecified atom stereocenters. The number of aliphatic carboxylic acids is 3. The Morgan fingerprint density at radius 1 is 0.486 bits per heavy atom. The molecule has 0 saturated carbocycles. The third-order valence-corrected chi connectivity index (χ3v) is 10.4. The SMILES string of the molecule is CC(C)C[C@H](NC(=O)[C@H](CC(C)C)NC(=O)[C@H](CCCN=C(N)N)NC(=O)[C@H](CCC(=O)O)NC(=O)[C@@H](NC(=O)[C@H](CC(=O)O)NC(=O)[C@H](CCC(N)=O)NC(=O)[C@H](C)NC(=O)[C@@H](N)CO)C(C)C)C(=O)O. The van der Waals surface area contributed by atoms with Gasteiger partial charge in [0.2, 0.25) is 53.2 Å². The van der Waals surface area contributed by atoms with Crippen molar-refractivity contribution in [3.63, 3.8) is 0 Å². The zero-order valence-electron chi connectivity index (χ0n) is 41.7. The van der Waals surface area contributed by atoms with E-state index in [1.54, 1.807) is 27.7 Å². The summed E-state index contributed by atoms with van der Waals surface area (Å²) in [4.78, 5) is 159. The number of nitrogens with one attached hydrogen (secondary N) is 8. The van der Waals surface area contributed by atoms with Crippen LogP contribution in [-0.4, -0.2) is 165 Å². The van der Waals surface area contributed by atoms with Crippen molar-refractivity contribution in [2.24, 2.45) is 45.7 Å². The van der Waals surface area contributed by atoms with Crippen LogP contribution in [0.5, 0.6) is 0 Å². The molecule has 9 atom stereocenters. The largest absolute Gasteiger partial charge is 0.481 e. The highest BCUT2D eigenvalue weighted by Crippen LogP contribution is 2.12. The van der Waals surface area contributed by atoms with E-state index in [0.717, 1.165) is 0 Å². The second kappa shape index (κ2) is 32.7. The molecule has 0 fully saturated rings. The highest BCUT2D eigenvalue weighted by atomic mass is 16.4. The van der Waals surface area contributed by atoms with Crippen molar-refractivity contribution in [2.75, 3.05) is 13.2 Å². The molecule has 0 radical (unpaired) electrons. The lowest BCUT2D eigenvalue weighted by Crippen LogP contribution is -2.61.